The van der Waals surface area contributed by atoms with Crippen molar-refractivity contribution in [3.63, 3.8) is 0 Å². The van der Waals surface area contributed by atoms with Gasteiger partial charge < -0.3 is 10.2 Å². The second kappa shape index (κ2) is 7.06. The summed E-state index contributed by atoms with van der Waals surface area (Å²) in [5, 5.41) is 3.45. The van der Waals surface area contributed by atoms with Gasteiger partial charge in [0.1, 0.15) is 0 Å². The summed E-state index contributed by atoms with van der Waals surface area (Å²) >= 11 is 0. The lowest BCUT2D eigenvalue weighted by Crippen LogP contribution is -2.52. The molecule has 2 aliphatic carbocycles. The van der Waals surface area contributed by atoms with Crippen LogP contribution in [0.25, 0.3) is 0 Å². The Morgan fingerprint density at radius 2 is 1.86 bits per heavy atom. The van der Waals surface area contributed by atoms with E-state index in [1.165, 1.54) is 32.1 Å². The molecule has 2 aliphatic heterocycles. The van der Waals surface area contributed by atoms with Crippen LogP contribution in [0.1, 0.15) is 38.5 Å². The van der Waals surface area contributed by atoms with Gasteiger partial charge in [0, 0.05) is 45.2 Å². The van der Waals surface area contributed by atoms with Gasteiger partial charge in [-0.3, -0.25) is 9.69 Å². The minimum Gasteiger partial charge on any atom is -0.340 e. The minimum atomic E-state index is 0. The summed E-state index contributed by atoms with van der Waals surface area (Å²) < 4.78 is 0. The molecule has 0 spiro atoms. The second-order valence-electron chi connectivity index (χ2n) is 7.70. The Kier molecular flexibility index (Phi) is 5.31. The van der Waals surface area contributed by atoms with Crippen LogP contribution < -0.4 is 5.32 Å². The first kappa shape index (κ1) is 16.5. The number of piperazine rings is 1. The monoisotopic (exact) mass is 327 g/mol. The first-order valence-corrected chi connectivity index (χ1v) is 9.02. The summed E-state index contributed by atoms with van der Waals surface area (Å²) in [5.74, 6) is 2.99. The molecule has 0 radical (unpaired) electrons. The Morgan fingerprint density at radius 3 is 2.45 bits per heavy atom. The van der Waals surface area contributed by atoms with E-state index in [0.29, 0.717) is 17.9 Å². The fourth-order valence-electron chi connectivity index (χ4n) is 5.27. The van der Waals surface area contributed by atoms with Crippen LogP contribution in [0.5, 0.6) is 0 Å². The number of carbonyl (C=O) groups excluding carboxylic acids is 1. The van der Waals surface area contributed by atoms with Crippen molar-refractivity contribution < 1.29 is 4.79 Å². The number of nitrogens with zero attached hydrogens (tertiary/aromatic N) is 2. The third-order valence-corrected chi connectivity index (χ3v) is 6.54. The van der Waals surface area contributed by atoms with Gasteiger partial charge in [-0.1, -0.05) is 6.42 Å². The van der Waals surface area contributed by atoms with E-state index >= 15 is 0 Å². The number of halogens is 1. The zero-order chi connectivity index (χ0) is 14.2. The third-order valence-electron chi connectivity index (χ3n) is 6.54. The van der Waals surface area contributed by atoms with Crippen LogP contribution in [0.2, 0.25) is 0 Å². The van der Waals surface area contributed by atoms with E-state index in [1.54, 1.807) is 0 Å². The van der Waals surface area contributed by atoms with Gasteiger partial charge in [-0.05, 0) is 50.0 Å². The average molecular weight is 328 g/mol. The van der Waals surface area contributed by atoms with Gasteiger partial charge in [-0.15, -0.1) is 12.4 Å². The maximum atomic E-state index is 12.6. The number of rotatable bonds is 3. The Bertz CT molecular complexity index is 391. The summed E-state index contributed by atoms with van der Waals surface area (Å²) in [6.07, 6.45) is 7.70. The Labute approximate surface area is 140 Å². The standard InChI is InChI=1S/C17H29N3O.ClH/c21-17(11-15-10-13-1-2-14(15)9-13)20-7-5-19(6-8-20)16-3-4-18-12-16;/h13-16,18H,1-12H2;1H. The predicted molar refractivity (Wildman–Crippen MR) is 90.2 cm³/mol. The van der Waals surface area contributed by atoms with Crippen LogP contribution in [-0.4, -0.2) is 61.0 Å². The fraction of sp³-hybridized carbons (Fsp3) is 0.941. The molecular weight excluding hydrogens is 298 g/mol. The molecule has 4 rings (SSSR count). The van der Waals surface area contributed by atoms with Crippen LogP contribution in [0, 0.1) is 17.8 Å². The summed E-state index contributed by atoms with van der Waals surface area (Å²) in [5.41, 5.74) is 0. The summed E-state index contributed by atoms with van der Waals surface area (Å²) in [6.45, 7) is 6.36. The molecule has 1 N–H and O–H groups in total. The van der Waals surface area contributed by atoms with Crippen molar-refractivity contribution in [1.82, 2.24) is 15.1 Å². The number of nitrogens with one attached hydrogen (secondary N) is 1. The quantitative estimate of drug-likeness (QED) is 0.857. The molecule has 4 nitrogen and oxygen atoms in total. The summed E-state index contributed by atoms with van der Waals surface area (Å²) in [7, 11) is 0. The van der Waals surface area contributed by atoms with E-state index in [-0.39, 0.29) is 12.4 Å². The molecule has 1 amide bonds. The number of hydrogen-bond donors (Lipinski definition) is 1. The summed E-state index contributed by atoms with van der Waals surface area (Å²) in [4.78, 5) is 17.3. The van der Waals surface area contributed by atoms with E-state index in [2.05, 4.69) is 15.1 Å². The fourth-order valence-corrected chi connectivity index (χ4v) is 5.27. The number of fused-ring (bicyclic) bond motifs is 2. The van der Waals surface area contributed by atoms with Crippen LogP contribution in [-0.2, 0) is 4.79 Å². The van der Waals surface area contributed by atoms with E-state index in [0.717, 1.165) is 57.5 Å². The largest absolute Gasteiger partial charge is 0.340 e. The molecule has 2 saturated heterocycles. The molecule has 2 saturated carbocycles. The van der Waals surface area contributed by atoms with Crippen molar-refractivity contribution in [2.45, 2.75) is 44.6 Å². The molecule has 4 aliphatic rings. The molecule has 0 aromatic carbocycles. The van der Waals surface area contributed by atoms with E-state index in [1.807, 2.05) is 0 Å². The van der Waals surface area contributed by atoms with Gasteiger partial charge in [0.05, 0.1) is 0 Å². The second-order valence-corrected chi connectivity index (χ2v) is 7.70. The van der Waals surface area contributed by atoms with Gasteiger partial charge in [-0.25, -0.2) is 0 Å². The van der Waals surface area contributed by atoms with Gasteiger partial charge in [0.15, 0.2) is 0 Å². The van der Waals surface area contributed by atoms with Crippen molar-refractivity contribution in [1.29, 1.82) is 0 Å². The Balaban J connectivity index is 0.00000144. The van der Waals surface area contributed by atoms with Crippen LogP contribution in [0.15, 0.2) is 0 Å². The SMILES string of the molecule is Cl.O=C(CC1CC2CCC1C2)N1CCN(C2CCNC2)CC1. The zero-order valence-corrected chi connectivity index (χ0v) is 14.3. The molecule has 4 atom stereocenters. The lowest BCUT2D eigenvalue weighted by molar-refractivity contribution is -0.134. The molecule has 2 bridgehead atoms. The van der Waals surface area contributed by atoms with Crippen molar-refractivity contribution >= 4 is 18.3 Å². The Hall–Kier alpha value is -0.320. The maximum Gasteiger partial charge on any atom is 0.222 e. The van der Waals surface area contributed by atoms with Gasteiger partial charge in [0.2, 0.25) is 5.91 Å². The molecular formula is C17H30ClN3O. The Morgan fingerprint density at radius 1 is 1.05 bits per heavy atom. The number of carbonyl (C=O) groups is 1. The number of amides is 1. The van der Waals surface area contributed by atoms with Crippen molar-refractivity contribution in [2.24, 2.45) is 17.8 Å². The van der Waals surface area contributed by atoms with Gasteiger partial charge >= 0.3 is 0 Å². The first-order valence-electron chi connectivity index (χ1n) is 9.02. The van der Waals surface area contributed by atoms with Crippen molar-refractivity contribution in [3.8, 4) is 0 Å². The normalized spacial score (nSPS) is 38.3. The molecule has 0 aromatic rings. The molecule has 4 unspecified atom stereocenters. The molecule has 4 fully saturated rings. The smallest absolute Gasteiger partial charge is 0.222 e. The highest BCUT2D eigenvalue weighted by Crippen LogP contribution is 2.49. The molecule has 0 aromatic heterocycles. The van der Waals surface area contributed by atoms with E-state index in [4.69, 9.17) is 0 Å². The van der Waals surface area contributed by atoms with Crippen LogP contribution in [0.3, 0.4) is 0 Å². The lowest BCUT2D eigenvalue weighted by atomic mass is 9.86. The van der Waals surface area contributed by atoms with Gasteiger partial charge in [0.25, 0.3) is 0 Å². The minimum absolute atomic E-state index is 0. The molecule has 5 heteroatoms. The highest BCUT2D eigenvalue weighted by Gasteiger charge is 2.40. The molecule has 126 valence electrons. The van der Waals surface area contributed by atoms with Crippen LogP contribution >= 0.6 is 12.4 Å². The highest BCUT2D eigenvalue weighted by molar-refractivity contribution is 5.85. The zero-order valence-electron chi connectivity index (χ0n) is 13.5. The predicted octanol–water partition coefficient (Wildman–Crippen LogP) is 1.74. The van der Waals surface area contributed by atoms with E-state index in [9.17, 15) is 4.79 Å². The molecule has 22 heavy (non-hydrogen) atoms. The lowest BCUT2D eigenvalue weighted by Gasteiger charge is -2.38. The highest BCUT2D eigenvalue weighted by atomic mass is 35.5. The number of hydrogen-bond acceptors (Lipinski definition) is 3. The molecule has 2 heterocycles. The topological polar surface area (TPSA) is 35.6 Å². The van der Waals surface area contributed by atoms with Crippen molar-refractivity contribution in [2.75, 3.05) is 39.3 Å². The van der Waals surface area contributed by atoms with Gasteiger partial charge in [-0.2, -0.15) is 0 Å². The average Bonchev–Trinajstić information content (AvgIpc) is 3.25. The maximum absolute atomic E-state index is 12.6. The third kappa shape index (κ3) is 3.29. The van der Waals surface area contributed by atoms with Crippen LogP contribution in [0.4, 0.5) is 0 Å². The van der Waals surface area contributed by atoms with E-state index < -0.39 is 0 Å². The van der Waals surface area contributed by atoms with Crippen molar-refractivity contribution in [3.05, 3.63) is 0 Å². The summed E-state index contributed by atoms with van der Waals surface area (Å²) in [6, 6.07) is 0.716. The first-order chi connectivity index (χ1) is 10.3.